The largest absolute Gasteiger partial charge is 0.494 e. The molecule has 2 aromatic carbocycles. The van der Waals surface area contributed by atoms with Crippen molar-refractivity contribution >= 4 is 0 Å². The van der Waals surface area contributed by atoms with Crippen LogP contribution in [-0.2, 0) is 12.8 Å². The average Bonchev–Trinajstić information content (AvgIpc) is 2.73. The molecule has 0 N–H and O–H groups in total. The molecule has 150 valence electrons. The van der Waals surface area contributed by atoms with Crippen molar-refractivity contribution in [2.45, 2.75) is 51.4 Å². The molecule has 0 spiro atoms. The molecule has 3 heteroatoms. The summed E-state index contributed by atoms with van der Waals surface area (Å²) in [5.41, 5.74) is 4.33. The van der Waals surface area contributed by atoms with E-state index < -0.39 is 0 Å². The average molecular weight is 382 g/mol. The maximum atomic E-state index is 13.1. The van der Waals surface area contributed by atoms with Crippen LogP contribution in [0.1, 0.15) is 55.2 Å². The summed E-state index contributed by atoms with van der Waals surface area (Å²) in [5, 5.41) is 0. The lowest BCUT2D eigenvalue weighted by atomic mass is 9.72. The molecule has 0 radical (unpaired) electrons. The number of rotatable bonds is 6. The first-order chi connectivity index (χ1) is 13.7. The van der Waals surface area contributed by atoms with Crippen molar-refractivity contribution in [2.75, 3.05) is 26.2 Å². The van der Waals surface area contributed by atoms with Crippen molar-refractivity contribution in [1.82, 2.24) is 4.90 Å². The molecule has 1 atom stereocenters. The number of aryl methyl sites for hydroxylation is 1. The molecule has 28 heavy (non-hydrogen) atoms. The number of likely N-dealkylation sites (tertiary alicyclic amines) is 1. The fraction of sp³-hybridized carbons (Fsp3) is 0.520. The number of halogens is 1. The predicted molar refractivity (Wildman–Crippen MR) is 113 cm³/mol. The molecule has 1 saturated heterocycles. The molecule has 1 heterocycles. The van der Waals surface area contributed by atoms with E-state index in [0.717, 1.165) is 37.2 Å². The highest BCUT2D eigenvalue weighted by Gasteiger charge is 2.30. The summed E-state index contributed by atoms with van der Waals surface area (Å²) in [6.07, 6.45) is 7.43. The highest BCUT2D eigenvalue weighted by Crippen LogP contribution is 2.42. The summed E-state index contributed by atoms with van der Waals surface area (Å²) >= 11 is 0. The van der Waals surface area contributed by atoms with E-state index in [1.54, 1.807) is 17.7 Å². The lowest BCUT2D eigenvalue weighted by molar-refractivity contribution is 0.164. The van der Waals surface area contributed by atoms with Crippen LogP contribution in [0.4, 0.5) is 4.39 Å². The van der Waals surface area contributed by atoms with Gasteiger partial charge in [-0.3, -0.25) is 0 Å². The summed E-state index contributed by atoms with van der Waals surface area (Å²) in [6.45, 7) is 6.24. The Morgan fingerprint density at radius 2 is 1.82 bits per heavy atom. The monoisotopic (exact) mass is 381 g/mol. The Labute approximate surface area is 168 Å². The van der Waals surface area contributed by atoms with Crippen LogP contribution in [0, 0.1) is 11.7 Å². The third kappa shape index (κ3) is 4.57. The summed E-state index contributed by atoms with van der Waals surface area (Å²) in [5.74, 6) is 2.40. The molecule has 0 saturated carbocycles. The summed E-state index contributed by atoms with van der Waals surface area (Å²) in [4.78, 5) is 2.59. The fourth-order valence-electron chi connectivity index (χ4n) is 5.09. The van der Waals surface area contributed by atoms with Gasteiger partial charge in [-0.1, -0.05) is 18.2 Å². The predicted octanol–water partition coefficient (Wildman–Crippen LogP) is 5.60. The number of hydrogen-bond acceptors (Lipinski definition) is 2. The second kappa shape index (κ2) is 9.09. The zero-order valence-corrected chi connectivity index (χ0v) is 17.0. The minimum Gasteiger partial charge on any atom is -0.494 e. The number of fused-ring (bicyclic) bond motifs is 1. The highest BCUT2D eigenvalue weighted by molar-refractivity contribution is 5.39. The minimum atomic E-state index is -0.147. The van der Waals surface area contributed by atoms with Gasteiger partial charge in [0.25, 0.3) is 0 Å². The van der Waals surface area contributed by atoms with Crippen LogP contribution in [0.15, 0.2) is 42.5 Å². The van der Waals surface area contributed by atoms with E-state index in [0.29, 0.717) is 0 Å². The molecule has 0 bridgehead atoms. The van der Waals surface area contributed by atoms with Gasteiger partial charge >= 0.3 is 0 Å². The first-order valence-corrected chi connectivity index (χ1v) is 11.0. The van der Waals surface area contributed by atoms with Gasteiger partial charge in [-0.25, -0.2) is 4.39 Å². The van der Waals surface area contributed by atoms with Crippen molar-refractivity contribution in [1.29, 1.82) is 0 Å². The van der Waals surface area contributed by atoms with E-state index in [-0.39, 0.29) is 5.82 Å². The maximum absolute atomic E-state index is 13.1. The van der Waals surface area contributed by atoms with Crippen LogP contribution in [0.5, 0.6) is 5.75 Å². The first kappa shape index (κ1) is 19.4. The molecule has 0 amide bonds. The lowest BCUT2D eigenvalue weighted by Crippen LogP contribution is -2.37. The Balaban J connectivity index is 1.32. The Morgan fingerprint density at radius 1 is 1.04 bits per heavy atom. The Morgan fingerprint density at radius 3 is 2.57 bits per heavy atom. The SMILES string of the molecule is CCOc1ccc2c(c1)CCCC2C1CCN(CCc2ccc(F)cc2)CC1. The Bertz CT molecular complexity index is 765. The molecule has 0 aromatic heterocycles. The van der Waals surface area contributed by atoms with E-state index in [1.165, 1.54) is 56.3 Å². The molecular formula is C25H32FNO. The topological polar surface area (TPSA) is 12.5 Å². The van der Waals surface area contributed by atoms with Gasteiger partial charge < -0.3 is 9.64 Å². The zero-order chi connectivity index (χ0) is 19.3. The molecule has 2 nitrogen and oxygen atoms in total. The highest BCUT2D eigenvalue weighted by atomic mass is 19.1. The molecule has 1 aliphatic heterocycles. The number of piperidine rings is 1. The molecule has 1 fully saturated rings. The van der Waals surface area contributed by atoms with Gasteiger partial charge in [0.2, 0.25) is 0 Å². The van der Waals surface area contributed by atoms with Crippen LogP contribution in [0.3, 0.4) is 0 Å². The van der Waals surface area contributed by atoms with Gasteiger partial charge in [-0.15, -0.1) is 0 Å². The van der Waals surface area contributed by atoms with Gasteiger partial charge in [-0.2, -0.15) is 0 Å². The lowest BCUT2D eigenvalue weighted by Gasteiger charge is -2.38. The van der Waals surface area contributed by atoms with Crippen LogP contribution >= 0.6 is 0 Å². The number of ether oxygens (including phenoxy) is 1. The summed E-state index contributed by atoms with van der Waals surface area (Å²) in [6, 6.07) is 13.7. The Kier molecular flexibility index (Phi) is 6.31. The molecule has 2 aliphatic rings. The summed E-state index contributed by atoms with van der Waals surface area (Å²) in [7, 11) is 0. The smallest absolute Gasteiger partial charge is 0.123 e. The second-order valence-electron chi connectivity index (χ2n) is 8.35. The maximum Gasteiger partial charge on any atom is 0.123 e. The third-order valence-electron chi connectivity index (χ3n) is 6.62. The van der Waals surface area contributed by atoms with E-state index in [1.807, 2.05) is 19.1 Å². The van der Waals surface area contributed by atoms with Crippen molar-refractivity contribution in [2.24, 2.45) is 5.92 Å². The summed E-state index contributed by atoms with van der Waals surface area (Å²) < 4.78 is 18.8. The molecule has 4 rings (SSSR count). The van der Waals surface area contributed by atoms with Gasteiger partial charge in [0.05, 0.1) is 6.61 Å². The molecule has 1 aliphatic carbocycles. The van der Waals surface area contributed by atoms with Gasteiger partial charge in [0, 0.05) is 6.54 Å². The van der Waals surface area contributed by atoms with Crippen LogP contribution in [-0.4, -0.2) is 31.1 Å². The van der Waals surface area contributed by atoms with Gasteiger partial charge in [0.1, 0.15) is 11.6 Å². The minimum absolute atomic E-state index is 0.147. The van der Waals surface area contributed by atoms with Crippen LogP contribution in [0.25, 0.3) is 0 Å². The molecular weight excluding hydrogens is 349 g/mol. The quantitative estimate of drug-likeness (QED) is 0.646. The fourth-order valence-corrected chi connectivity index (χ4v) is 5.09. The van der Waals surface area contributed by atoms with E-state index in [2.05, 4.69) is 23.1 Å². The van der Waals surface area contributed by atoms with Crippen LogP contribution < -0.4 is 4.74 Å². The molecule has 2 aromatic rings. The number of hydrogen-bond donors (Lipinski definition) is 0. The number of benzene rings is 2. The van der Waals surface area contributed by atoms with Crippen molar-refractivity contribution in [3.8, 4) is 5.75 Å². The van der Waals surface area contributed by atoms with Crippen molar-refractivity contribution < 1.29 is 9.13 Å². The zero-order valence-electron chi connectivity index (χ0n) is 17.0. The van der Waals surface area contributed by atoms with E-state index >= 15 is 0 Å². The van der Waals surface area contributed by atoms with Crippen molar-refractivity contribution in [3.63, 3.8) is 0 Å². The first-order valence-electron chi connectivity index (χ1n) is 11.0. The Hall–Kier alpha value is -1.87. The standard InChI is InChI=1S/C25H32FNO/c1-2-28-23-10-11-25-21(18-23)4-3-5-24(25)20-13-16-27(17-14-20)15-12-19-6-8-22(26)9-7-19/h6-11,18,20,24H,2-5,12-17H2,1H3. The third-order valence-corrected chi connectivity index (χ3v) is 6.62. The van der Waals surface area contributed by atoms with Gasteiger partial charge in [0.15, 0.2) is 0 Å². The number of nitrogens with zero attached hydrogens (tertiary/aromatic N) is 1. The van der Waals surface area contributed by atoms with E-state index in [9.17, 15) is 4.39 Å². The van der Waals surface area contributed by atoms with Crippen LogP contribution in [0.2, 0.25) is 0 Å². The van der Waals surface area contributed by atoms with E-state index in [4.69, 9.17) is 4.74 Å². The molecule has 1 unspecified atom stereocenters. The second-order valence-corrected chi connectivity index (χ2v) is 8.35. The normalized spacial score (nSPS) is 20.7. The van der Waals surface area contributed by atoms with Gasteiger partial charge in [-0.05, 0) is 111 Å². The van der Waals surface area contributed by atoms with Crippen molar-refractivity contribution in [3.05, 3.63) is 65.0 Å².